The number of nitro groups is 1. The van der Waals surface area contributed by atoms with Gasteiger partial charge < -0.3 is 9.47 Å². The summed E-state index contributed by atoms with van der Waals surface area (Å²) in [6.07, 6.45) is 1.64. The minimum absolute atomic E-state index is 0.0410. The summed E-state index contributed by atoms with van der Waals surface area (Å²) >= 11 is 6.42. The Balaban J connectivity index is 1.89. The first-order valence-electron chi connectivity index (χ1n) is 8.92. The fourth-order valence-corrected chi connectivity index (χ4v) is 3.08. The molecule has 0 atom stereocenters. The number of rotatable bonds is 7. The van der Waals surface area contributed by atoms with Gasteiger partial charge in [0.25, 0.3) is 5.69 Å². The molecule has 0 bridgehead atoms. The number of methoxy groups -OCH3 is 1. The summed E-state index contributed by atoms with van der Waals surface area (Å²) in [5.74, 6) is 0.847. The third-order valence-electron chi connectivity index (χ3n) is 4.30. The average molecular weight is 421 g/mol. The zero-order valence-corrected chi connectivity index (χ0v) is 16.8. The van der Waals surface area contributed by atoms with E-state index < -0.39 is 4.92 Å². The van der Waals surface area contributed by atoms with Crippen molar-refractivity contribution in [3.8, 4) is 17.6 Å². The van der Waals surface area contributed by atoms with Crippen LogP contribution in [-0.2, 0) is 6.61 Å². The first-order chi connectivity index (χ1) is 14.5. The van der Waals surface area contributed by atoms with Gasteiger partial charge in [-0.15, -0.1) is 0 Å². The van der Waals surface area contributed by atoms with Gasteiger partial charge in [0, 0.05) is 12.1 Å². The van der Waals surface area contributed by atoms with E-state index in [2.05, 4.69) is 6.07 Å². The highest BCUT2D eigenvalue weighted by atomic mass is 35.5. The molecule has 3 rings (SSSR count). The molecule has 3 aromatic carbocycles. The number of non-ortho nitro benzene ring substituents is 1. The fraction of sp³-hybridized carbons (Fsp3) is 0.0870. The molecule has 150 valence electrons. The van der Waals surface area contributed by atoms with Gasteiger partial charge in [0.05, 0.1) is 28.7 Å². The van der Waals surface area contributed by atoms with E-state index in [9.17, 15) is 15.4 Å². The average Bonchev–Trinajstić information content (AvgIpc) is 2.77. The largest absolute Gasteiger partial charge is 0.493 e. The minimum atomic E-state index is -0.488. The Kier molecular flexibility index (Phi) is 6.68. The van der Waals surface area contributed by atoms with Crippen LogP contribution in [0.5, 0.6) is 11.5 Å². The second kappa shape index (κ2) is 9.59. The molecule has 0 radical (unpaired) electrons. The topological polar surface area (TPSA) is 85.4 Å². The van der Waals surface area contributed by atoms with Crippen molar-refractivity contribution in [3.05, 3.63) is 98.6 Å². The summed E-state index contributed by atoms with van der Waals surface area (Å²) in [5.41, 5.74) is 2.48. The highest BCUT2D eigenvalue weighted by Gasteiger charge is 2.13. The van der Waals surface area contributed by atoms with Crippen LogP contribution in [0.15, 0.2) is 66.7 Å². The number of hydrogen-bond acceptors (Lipinski definition) is 5. The highest BCUT2D eigenvalue weighted by molar-refractivity contribution is 6.32. The van der Waals surface area contributed by atoms with Crippen LogP contribution in [0.25, 0.3) is 11.6 Å². The Hall–Kier alpha value is -3.82. The van der Waals surface area contributed by atoms with Crippen molar-refractivity contribution in [1.82, 2.24) is 0 Å². The summed E-state index contributed by atoms with van der Waals surface area (Å²) in [6, 6.07) is 20.9. The van der Waals surface area contributed by atoms with Gasteiger partial charge in [0.15, 0.2) is 11.5 Å². The molecular weight excluding hydrogens is 404 g/mol. The molecule has 0 saturated carbocycles. The zero-order valence-electron chi connectivity index (χ0n) is 16.0. The van der Waals surface area contributed by atoms with Crippen LogP contribution in [-0.4, -0.2) is 12.0 Å². The quantitative estimate of drug-likeness (QED) is 0.205. The number of benzene rings is 3. The smallest absolute Gasteiger partial charge is 0.269 e. The molecule has 0 heterocycles. The molecule has 0 aromatic heterocycles. The van der Waals surface area contributed by atoms with E-state index in [0.29, 0.717) is 39.8 Å². The summed E-state index contributed by atoms with van der Waals surface area (Å²) in [6.45, 7) is 0.332. The molecule has 0 amide bonds. The molecule has 0 saturated heterocycles. The van der Waals surface area contributed by atoms with Crippen molar-refractivity contribution in [3.63, 3.8) is 0 Å². The summed E-state index contributed by atoms with van der Waals surface area (Å²) in [7, 11) is 1.51. The van der Waals surface area contributed by atoms with E-state index in [1.54, 1.807) is 18.2 Å². The van der Waals surface area contributed by atoms with Crippen LogP contribution in [0.2, 0.25) is 5.02 Å². The maximum atomic E-state index is 10.8. The zero-order chi connectivity index (χ0) is 21.5. The third kappa shape index (κ3) is 4.96. The lowest BCUT2D eigenvalue weighted by atomic mass is 10.0. The van der Waals surface area contributed by atoms with Gasteiger partial charge in [0.2, 0.25) is 0 Å². The number of halogens is 1. The minimum Gasteiger partial charge on any atom is -0.493 e. The van der Waals surface area contributed by atoms with Gasteiger partial charge in [0.1, 0.15) is 6.61 Å². The first-order valence-corrected chi connectivity index (χ1v) is 9.30. The van der Waals surface area contributed by atoms with Crippen molar-refractivity contribution >= 4 is 28.9 Å². The van der Waals surface area contributed by atoms with Gasteiger partial charge in [-0.2, -0.15) is 5.26 Å². The molecule has 0 unspecified atom stereocenters. The lowest BCUT2D eigenvalue weighted by Gasteiger charge is -2.13. The molecule has 0 spiro atoms. The summed E-state index contributed by atoms with van der Waals surface area (Å²) in [4.78, 5) is 10.3. The van der Waals surface area contributed by atoms with Crippen molar-refractivity contribution in [2.24, 2.45) is 0 Å². The van der Waals surface area contributed by atoms with Gasteiger partial charge in [-0.3, -0.25) is 10.1 Å². The summed E-state index contributed by atoms with van der Waals surface area (Å²) < 4.78 is 11.3. The Morgan fingerprint density at radius 3 is 2.47 bits per heavy atom. The van der Waals surface area contributed by atoms with E-state index in [1.807, 2.05) is 30.3 Å². The Morgan fingerprint density at radius 1 is 1.17 bits per heavy atom. The second-order valence-electron chi connectivity index (χ2n) is 6.28. The predicted molar refractivity (Wildman–Crippen MR) is 115 cm³/mol. The number of allylic oxidation sites excluding steroid dienone is 1. The molecule has 6 nitrogen and oxygen atoms in total. The van der Waals surface area contributed by atoms with Crippen LogP contribution in [0.1, 0.15) is 16.7 Å². The molecule has 0 aliphatic carbocycles. The molecule has 0 aliphatic rings. The standard InChI is InChI=1S/C23H17ClN2O4/c1-29-22-13-17(11-19(14-25)18-7-9-20(10-8-18)26(27)28)12-21(24)23(22)30-15-16-5-3-2-4-6-16/h2-13H,15H2,1H3/b19-11-. The highest BCUT2D eigenvalue weighted by Crippen LogP contribution is 2.38. The maximum absolute atomic E-state index is 10.8. The van der Waals surface area contributed by atoms with E-state index in [4.69, 9.17) is 21.1 Å². The molecule has 7 heteroatoms. The number of nitriles is 1. The van der Waals surface area contributed by atoms with Gasteiger partial charge in [-0.25, -0.2) is 0 Å². The van der Waals surface area contributed by atoms with Gasteiger partial charge in [-0.1, -0.05) is 41.9 Å². The van der Waals surface area contributed by atoms with Crippen LogP contribution >= 0.6 is 11.6 Å². The molecular formula is C23H17ClN2O4. The van der Waals surface area contributed by atoms with E-state index in [1.165, 1.54) is 31.4 Å². The van der Waals surface area contributed by atoms with Crippen molar-refractivity contribution in [2.75, 3.05) is 7.11 Å². The number of hydrogen-bond donors (Lipinski definition) is 0. The lowest BCUT2D eigenvalue weighted by Crippen LogP contribution is -1.99. The van der Waals surface area contributed by atoms with Crippen molar-refractivity contribution < 1.29 is 14.4 Å². The summed E-state index contributed by atoms with van der Waals surface area (Å²) in [5, 5.41) is 20.7. The van der Waals surface area contributed by atoms with E-state index in [-0.39, 0.29) is 5.69 Å². The first kappa shape index (κ1) is 20.9. The van der Waals surface area contributed by atoms with Crippen LogP contribution in [0.4, 0.5) is 5.69 Å². The molecule has 0 aliphatic heterocycles. The second-order valence-corrected chi connectivity index (χ2v) is 6.69. The number of nitro benzene ring substituents is 1. The number of nitrogens with zero attached hydrogens (tertiary/aromatic N) is 2. The van der Waals surface area contributed by atoms with E-state index >= 15 is 0 Å². The Morgan fingerprint density at radius 2 is 1.87 bits per heavy atom. The molecule has 30 heavy (non-hydrogen) atoms. The number of ether oxygens (including phenoxy) is 2. The molecule has 0 fully saturated rings. The normalized spacial score (nSPS) is 10.9. The van der Waals surface area contributed by atoms with Crippen LogP contribution in [0.3, 0.4) is 0 Å². The van der Waals surface area contributed by atoms with Crippen LogP contribution < -0.4 is 9.47 Å². The Bertz CT molecular complexity index is 1120. The molecule has 0 N–H and O–H groups in total. The third-order valence-corrected chi connectivity index (χ3v) is 4.58. The van der Waals surface area contributed by atoms with Gasteiger partial charge in [-0.05, 0) is 47.0 Å². The predicted octanol–water partition coefficient (Wildman–Crippen LogP) is 5.90. The van der Waals surface area contributed by atoms with E-state index in [0.717, 1.165) is 5.56 Å². The lowest BCUT2D eigenvalue weighted by molar-refractivity contribution is -0.384. The molecule has 3 aromatic rings. The maximum Gasteiger partial charge on any atom is 0.269 e. The van der Waals surface area contributed by atoms with Gasteiger partial charge >= 0.3 is 0 Å². The Labute approximate surface area is 178 Å². The van der Waals surface area contributed by atoms with Crippen molar-refractivity contribution in [1.29, 1.82) is 5.26 Å². The SMILES string of the molecule is COc1cc(/C=C(/C#N)c2ccc([N+](=O)[O-])cc2)cc(Cl)c1OCc1ccccc1. The fourth-order valence-electron chi connectivity index (χ4n) is 2.80. The monoisotopic (exact) mass is 420 g/mol. The van der Waals surface area contributed by atoms with Crippen LogP contribution in [0, 0.1) is 21.4 Å². The van der Waals surface area contributed by atoms with Crippen molar-refractivity contribution in [2.45, 2.75) is 6.61 Å².